The van der Waals surface area contributed by atoms with Crippen LogP contribution in [0.3, 0.4) is 0 Å². The summed E-state index contributed by atoms with van der Waals surface area (Å²) in [5.41, 5.74) is 3.84. The number of rotatable bonds is 6. The third kappa shape index (κ3) is 4.33. The number of fused-ring (bicyclic) bond motifs is 4. The fourth-order valence-electron chi connectivity index (χ4n) is 5.43. The lowest BCUT2D eigenvalue weighted by atomic mass is 9.98. The molecule has 184 valence electrons. The van der Waals surface area contributed by atoms with Crippen molar-refractivity contribution in [1.29, 1.82) is 0 Å². The van der Waals surface area contributed by atoms with Gasteiger partial charge in [-0.3, -0.25) is 9.59 Å². The van der Waals surface area contributed by atoms with E-state index in [1.54, 1.807) is 5.32 Å². The standard InChI is InChI=1S/C25H23F3N2O5/c26-25(27,28)20(9-21(31)30-10-17-18(11-30)22(17)23(32)33)29-24(34)35-12-19-15-7-3-1-5-13(15)14-6-2-4-8-16(14)19/h1-8,17-20,22H,9-12H2,(H,29,34)(H,32,33)/t17-,18+,20?,22?. The van der Waals surface area contributed by atoms with Gasteiger partial charge in [-0.15, -0.1) is 0 Å². The van der Waals surface area contributed by atoms with Gasteiger partial charge < -0.3 is 20.1 Å². The number of amides is 2. The summed E-state index contributed by atoms with van der Waals surface area (Å²) in [7, 11) is 0. The van der Waals surface area contributed by atoms with Gasteiger partial charge in [-0.05, 0) is 34.1 Å². The van der Waals surface area contributed by atoms with E-state index >= 15 is 0 Å². The van der Waals surface area contributed by atoms with Gasteiger partial charge in [0.2, 0.25) is 5.91 Å². The Morgan fingerprint density at radius 2 is 1.54 bits per heavy atom. The fraction of sp³-hybridized carbons (Fsp3) is 0.400. The van der Waals surface area contributed by atoms with E-state index in [-0.39, 0.29) is 37.5 Å². The number of hydrogen-bond donors (Lipinski definition) is 2. The van der Waals surface area contributed by atoms with Crippen LogP contribution in [0.1, 0.15) is 23.5 Å². The van der Waals surface area contributed by atoms with E-state index in [1.807, 2.05) is 48.5 Å². The van der Waals surface area contributed by atoms with Crippen LogP contribution in [-0.2, 0) is 14.3 Å². The quantitative estimate of drug-likeness (QED) is 0.648. The predicted octanol–water partition coefficient (Wildman–Crippen LogP) is 3.64. The zero-order valence-corrected chi connectivity index (χ0v) is 18.5. The number of carbonyl (C=O) groups is 3. The summed E-state index contributed by atoms with van der Waals surface area (Å²) in [5, 5.41) is 10.9. The summed E-state index contributed by atoms with van der Waals surface area (Å²) in [6.07, 6.45) is -7.07. The van der Waals surface area contributed by atoms with Crippen LogP contribution >= 0.6 is 0 Å². The first kappa shape index (κ1) is 23.2. The molecule has 0 bridgehead atoms. The highest BCUT2D eigenvalue weighted by Crippen LogP contribution is 2.52. The van der Waals surface area contributed by atoms with E-state index in [9.17, 15) is 27.6 Å². The zero-order valence-electron chi connectivity index (χ0n) is 18.5. The third-order valence-corrected chi connectivity index (χ3v) is 7.24. The fourth-order valence-corrected chi connectivity index (χ4v) is 5.43. The molecule has 1 saturated carbocycles. The Labute approximate surface area is 198 Å². The van der Waals surface area contributed by atoms with Crippen molar-refractivity contribution in [3.05, 3.63) is 59.7 Å². The van der Waals surface area contributed by atoms with Crippen molar-refractivity contribution in [2.45, 2.75) is 24.6 Å². The van der Waals surface area contributed by atoms with E-state index in [0.29, 0.717) is 0 Å². The number of nitrogens with one attached hydrogen (secondary N) is 1. The van der Waals surface area contributed by atoms with Crippen LogP contribution < -0.4 is 5.32 Å². The van der Waals surface area contributed by atoms with E-state index in [0.717, 1.165) is 22.3 Å². The highest BCUT2D eigenvalue weighted by atomic mass is 19.4. The van der Waals surface area contributed by atoms with Gasteiger partial charge in [-0.2, -0.15) is 13.2 Å². The number of halogens is 3. The van der Waals surface area contributed by atoms with Gasteiger partial charge in [-0.1, -0.05) is 48.5 Å². The molecule has 10 heteroatoms. The van der Waals surface area contributed by atoms with Crippen molar-refractivity contribution in [1.82, 2.24) is 10.2 Å². The summed E-state index contributed by atoms with van der Waals surface area (Å²) in [6.45, 7) is 0.0937. The summed E-state index contributed by atoms with van der Waals surface area (Å²) in [4.78, 5) is 37.1. The Morgan fingerprint density at radius 1 is 1.00 bits per heavy atom. The van der Waals surface area contributed by atoms with Gasteiger partial charge in [0.1, 0.15) is 12.6 Å². The Bertz CT molecular complexity index is 1130. The number of likely N-dealkylation sites (tertiary alicyclic amines) is 1. The second-order valence-electron chi connectivity index (χ2n) is 9.26. The molecule has 3 aliphatic rings. The molecule has 0 radical (unpaired) electrons. The Kier molecular flexibility index (Phi) is 5.69. The van der Waals surface area contributed by atoms with Gasteiger partial charge in [0, 0.05) is 19.0 Å². The SMILES string of the molecule is O=C(NC(CC(=O)N1C[C@@H]2C(C(=O)O)[C@@H]2C1)C(F)(F)F)OCC1c2ccccc2-c2ccccc21. The molecule has 0 aromatic heterocycles. The van der Waals surface area contributed by atoms with Crippen LogP contribution in [0.4, 0.5) is 18.0 Å². The molecule has 2 aromatic carbocycles. The van der Waals surface area contributed by atoms with E-state index in [4.69, 9.17) is 9.84 Å². The molecule has 0 spiro atoms. The van der Waals surface area contributed by atoms with E-state index < -0.39 is 42.5 Å². The second kappa shape index (κ2) is 8.58. The van der Waals surface area contributed by atoms with Crippen molar-refractivity contribution >= 4 is 18.0 Å². The highest BCUT2D eigenvalue weighted by Gasteiger charge is 2.60. The summed E-state index contributed by atoms with van der Waals surface area (Å²) >= 11 is 0. The minimum atomic E-state index is -4.85. The number of hydrogen-bond acceptors (Lipinski definition) is 4. The number of alkyl halides is 3. The molecule has 2 N–H and O–H groups in total. The molecular formula is C25H23F3N2O5. The van der Waals surface area contributed by atoms with Crippen LogP contribution in [0.5, 0.6) is 0 Å². The molecule has 7 nitrogen and oxygen atoms in total. The molecule has 2 aromatic rings. The summed E-state index contributed by atoms with van der Waals surface area (Å²) in [6, 6.07) is 12.8. The number of carboxylic acids is 1. The predicted molar refractivity (Wildman–Crippen MR) is 117 cm³/mol. The monoisotopic (exact) mass is 488 g/mol. The van der Waals surface area contributed by atoms with Crippen molar-refractivity contribution in [2.24, 2.45) is 17.8 Å². The van der Waals surface area contributed by atoms with Crippen molar-refractivity contribution < 1.29 is 37.4 Å². The maximum absolute atomic E-state index is 13.6. The number of carbonyl (C=O) groups excluding carboxylic acids is 2. The lowest BCUT2D eigenvalue weighted by Gasteiger charge is -2.25. The molecule has 35 heavy (non-hydrogen) atoms. The number of benzene rings is 2. The van der Waals surface area contributed by atoms with Gasteiger partial charge >= 0.3 is 18.2 Å². The lowest BCUT2D eigenvalue weighted by molar-refractivity contribution is -0.163. The number of piperidine rings is 1. The molecule has 1 heterocycles. The largest absolute Gasteiger partial charge is 0.481 e. The molecular weight excluding hydrogens is 465 g/mol. The van der Waals surface area contributed by atoms with Crippen molar-refractivity contribution in [3.63, 3.8) is 0 Å². The minimum Gasteiger partial charge on any atom is -0.481 e. The third-order valence-electron chi connectivity index (χ3n) is 7.24. The first-order valence-corrected chi connectivity index (χ1v) is 11.3. The molecule has 2 amide bonds. The Morgan fingerprint density at radius 3 is 2.06 bits per heavy atom. The second-order valence-corrected chi connectivity index (χ2v) is 9.26. The average Bonchev–Trinajstić information content (AvgIpc) is 3.17. The van der Waals surface area contributed by atoms with Crippen LogP contribution in [0, 0.1) is 17.8 Å². The number of nitrogens with zero attached hydrogens (tertiary/aromatic N) is 1. The lowest BCUT2D eigenvalue weighted by Crippen LogP contribution is -2.49. The summed E-state index contributed by atoms with van der Waals surface area (Å²) < 4.78 is 46.0. The normalized spacial score (nSPS) is 23.2. The smallest absolute Gasteiger partial charge is 0.409 e. The van der Waals surface area contributed by atoms with Crippen LogP contribution in [0.15, 0.2) is 48.5 Å². The Hall–Kier alpha value is -3.56. The average molecular weight is 488 g/mol. The van der Waals surface area contributed by atoms with Crippen molar-refractivity contribution in [2.75, 3.05) is 19.7 Å². The van der Waals surface area contributed by atoms with Gasteiger partial charge in [0.05, 0.1) is 12.3 Å². The molecule has 1 aliphatic heterocycles. The topological polar surface area (TPSA) is 95.9 Å². The maximum Gasteiger partial charge on any atom is 0.409 e. The number of ether oxygens (including phenoxy) is 1. The van der Waals surface area contributed by atoms with E-state index in [2.05, 4.69) is 0 Å². The highest BCUT2D eigenvalue weighted by molar-refractivity contribution is 5.81. The first-order chi connectivity index (χ1) is 16.6. The molecule has 2 aliphatic carbocycles. The molecule has 5 rings (SSSR count). The zero-order chi connectivity index (χ0) is 24.9. The van der Waals surface area contributed by atoms with E-state index in [1.165, 1.54) is 4.90 Å². The van der Waals surface area contributed by atoms with Crippen LogP contribution in [-0.4, -0.2) is 59.9 Å². The first-order valence-electron chi connectivity index (χ1n) is 11.3. The van der Waals surface area contributed by atoms with Crippen LogP contribution in [0.2, 0.25) is 0 Å². The number of aliphatic carboxylic acids is 1. The molecule has 2 fully saturated rings. The Balaban J connectivity index is 1.20. The molecule has 2 unspecified atom stereocenters. The summed E-state index contributed by atoms with van der Waals surface area (Å²) in [5.74, 6) is -2.99. The minimum absolute atomic E-state index is 0.121. The number of alkyl carbamates (subject to hydrolysis) is 1. The molecule has 4 atom stereocenters. The maximum atomic E-state index is 13.6. The molecule has 1 saturated heterocycles. The van der Waals surface area contributed by atoms with Crippen LogP contribution in [0.25, 0.3) is 11.1 Å². The number of carboxylic acid groups (broad SMARTS) is 1. The van der Waals surface area contributed by atoms with Gasteiger partial charge in [0.25, 0.3) is 0 Å². The van der Waals surface area contributed by atoms with Gasteiger partial charge in [0.15, 0.2) is 0 Å². The van der Waals surface area contributed by atoms with Crippen molar-refractivity contribution in [3.8, 4) is 11.1 Å². The van der Waals surface area contributed by atoms with Gasteiger partial charge in [-0.25, -0.2) is 4.79 Å².